The monoisotopic (exact) mass is 183 g/mol. The average molecular weight is 183 g/mol. The minimum atomic E-state index is -0.608. The van der Waals surface area contributed by atoms with E-state index in [2.05, 4.69) is 9.97 Å². The second-order valence-electron chi connectivity index (χ2n) is 3.41. The number of nitrogens with one attached hydrogen (secondary N) is 1. The summed E-state index contributed by atoms with van der Waals surface area (Å²) < 4.78 is 0. The fourth-order valence-electron chi connectivity index (χ4n) is 1.59. The van der Waals surface area contributed by atoms with Gasteiger partial charge in [0.05, 0.1) is 18.5 Å². The molecule has 0 unspecified atom stereocenters. The fraction of sp³-hybridized carbons (Fsp3) is 0.625. The highest BCUT2D eigenvalue weighted by Gasteiger charge is 2.29. The summed E-state index contributed by atoms with van der Waals surface area (Å²) >= 11 is 0. The first kappa shape index (κ1) is 8.68. The second-order valence-corrected chi connectivity index (χ2v) is 3.41. The van der Waals surface area contributed by atoms with Crippen LogP contribution in [0.4, 0.5) is 0 Å². The number of imidazole rings is 1. The number of H-pyrrole nitrogens is 1. The Morgan fingerprint density at radius 2 is 2.15 bits per heavy atom. The van der Waals surface area contributed by atoms with Crippen LogP contribution in [0.2, 0.25) is 0 Å². The van der Waals surface area contributed by atoms with Gasteiger partial charge < -0.3 is 15.2 Å². The van der Waals surface area contributed by atoms with Crippen LogP contribution in [0.3, 0.4) is 0 Å². The molecule has 1 saturated heterocycles. The van der Waals surface area contributed by atoms with Crippen LogP contribution in [0, 0.1) is 0 Å². The van der Waals surface area contributed by atoms with Gasteiger partial charge in [0, 0.05) is 31.5 Å². The molecule has 0 saturated carbocycles. The lowest BCUT2D eigenvalue weighted by Gasteiger charge is -2.12. The maximum absolute atomic E-state index is 9.28. The minimum absolute atomic E-state index is 0.528. The molecule has 0 amide bonds. The lowest BCUT2D eigenvalue weighted by molar-refractivity contribution is 0.0572. The van der Waals surface area contributed by atoms with Crippen molar-refractivity contribution in [3.63, 3.8) is 0 Å². The van der Waals surface area contributed by atoms with Crippen molar-refractivity contribution in [3.8, 4) is 0 Å². The number of aromatic amines is 1. The summed E-state index contributed by atoms with van der Waals surface area (Å²) in [5.74, 6) is 0. The average Bonchev–Trinajstić information content (AvgIpc) is 2.64. The number of β-amino-alcohol motifs (C(OH)–C–C–N with tert-alkyl or cyclic N) is 2. The molecule has 3 N–H and O–H groups in total. The van der Waals surface area contributed by atoms with E-state index in [1.54, 1.807) is 12.5 Å². The summed E-state index contributed by atoms with van der Waals surface area (Å²) in [5, 5.41) is 18.6. The minimum Gasteiger partial charge on any atom is -0.389 e. The molecule has 0 aliphatic carbocycles. The van der Waals surface area contributed by atoms with Crippen molar-refractivity contribution >= 4 is 0 Å². The van der Waals surface area contributed by atoms with Crippen LogP contribution >= 0.6 is 0 Å². The molecule has 2 rings (SSSR count). The molecule has 13 heavy (non-hydrogen) atoms. The van der Waals surface area contributed by atoms with Gasteiger partial charge in [0.1, 0.15) is 0 Å². The molecule has 0 spiro atoms. The predicted octanol–water partition coefficient (Wildman–Crippen LogP) is -1.05. The lowest BCUT2D eigenvalue weighted by atomic mass is 10.3. The van der Waals surface area contributed by atoms with Gasteiger partial charge >= 0.3 is 0 Å². The number of aromatic nitrogens is 2. The summed E-state index contributed by atoms with van der Waals surface area (Å²) in [7, 11) is 0. The van der Waals surface area contributed by atoms with E-state index >= 15 is 0 Å². The molecule has 1 aliphatic heterocycles. The van der Waals surface area contributed by atoms with Crippen LogP contribution in [0.15, 0.2) is 12.5 Å². The molecule has 0 aromatic carbocycles. The van der Waals surface area contributed by atoms with Gasteiger partial charge in [-0.05, 0) is 0 Å². The highest BCUT2D eigenvalue weighted by atomic mass is 16.3. The largest absolute Gasteiger partial charge is 0.389 e. The summed E-state index contributed by atoms with van der Waals surface area (Å²) in [6, 6.07) is 0. The van der Waals surface area contributed by atoms with Gasteiger partial charge in [0.2, 0.25) is 0 Å². The molecule has 1 aromatic rings. The predicted molar refractivity (Wildman–Crippen MR) is 45.9 cm³/mol. The van der Waals surface area contributed by atoms with Crippen molar-refractivity contribution < 1.29 is 10.2 Å². The zero-order valence-corrected chi connectivity index (χ0v) is 7.22. The van der Waals surface area contributed by atoms with Gasteiger partial charge in [-0.2, -0.15) is 0 Å². The van der Waals surface area contributed by atoms with Gasteiger partial charge in [-0.25, -0.2) is 4.98 Å². The van der Waals surface area contributed by atoms with Crippen molar-refractivity contribution in [3.05, 3.63) is 18.2 Å². The van der Waals surface area contributed by atoms with Crippen molar-refractivity contribution in [1.29, 1.82) is 0 Å². The van der Waals surface area contributed by atoms with Crippen molar-refractivity contribution in [1.82, 2.24) is 14.9 Å². The Morgan fingerprint density at radius 1 is 1.46 bits per heavy atom. The third-order valence-electron chi connectivity index (χ3n) is 2.28. The Labute approximate surface area is 76.0 Å². The van der Waals surface area contributed by atoms with Crippen molar-refractivity contribution in [2.24, 2.45) is 0 Å². The first-order valence-corrected chi connectivity index (χ1v) is 4.31. The van der Waals surface area contributed by atoms with E-state index in [1.165, 1.54) is 0 Å². The van der Waals surface area contributed by atoms with E-state index in [1.807, 2.05) is 4.90 Å². The standard InChI is InChI=1S/C8H13N3O2/c12-7-3-11(4-8(7)13)2-6-1-9-5-10-6/h1,5,7-8,12-13H,2-4H2,(H,9,10)/t7-,8-/m0/s1. The first-order chi connectivity index (χ1) is 6.25. The summed E-state index contributed by atoms with van der Waals surface area (Å²) in [6.07, 6.45) is 2.15. The van der Waals surface area contributed by atoms with E-state index in [4.69, 9.17) is 0 Å². The molecule has 2 atom stereocenters. The maximum Gasteiger partial charge on any atom is 0.0938 e. The Morgan fingerprint density at radius 3 is 2.69 bits per heavy atom. The smallest absolute Gasteiger partial charge is 0.0938 e. The van der Waals surface area contributed by atoms with Crippen molar-refractivity contribution in [2.75, 3.05) is 13.1 Å². The van der Waals surface area contributed by atoms with Gasteiger partial charge in [-0.1, -0.05) is 0 Å². The number of rotatable bonds is 2. The van der Waals surface area contributed by atoms with Gasteiger partial charge in [-0.15, -0.1) is 0 Å². The highest BCUT2D eigenvalue weighted by molar-refractivity contribution is 4.96. The third kappa shape index (κ3) is 1.88. The van der Waals surface area contributed by atoms with E-state index in [0.29, 0.717) is 19.6 Å². The SMILES string of the molecule is O[C@H]1CN(Cc2cnc[nH]2)C[C@@H]1O. The van der Waals surface area contributed by atoms with Crippen LogP contribution in [-0.2, 0) is 6.54 Å². The molecule has 0 radical (unpaired) electrons. The topological polar surface area (TPSA) is 72.4 Å². The highest BCUT2D eigenvalue weighted by Crippen LogP contribution is 2.12. The number of aliphatic hydroxyl groups is 2. The van der Waals surface area contributed by atoms with E-state index < -0.39 is 12.2 Å². The molecule has 5 nitrogen and oxygen atoms in total. The molecule has 1 aliphatic rings. The van der Waals surface area contributed by atoms with E-state index in [0.717, 1.165) is 5.69 Å². The summed E-state index contributed by atoms with van der Waals surface area (Å²) in [6.45, 7) is 1.76. The zero-order valence-electron chi connectivity index (χ0n) is 7.22. The number of aliphatic hydroxyl groups excluding tert-OH is 2. The van der Waals surface area contributed by atoms with Crippen LogP contribution in [0.5, 0.6) is 0 Å². The lowest BCUT2D eigenvalue weighted by Crippen LogP contribution is -2.22. The number of likely N-dealkylation sites (tertiary alicyclic amines) is 1. The molecule has 5 heteroatoms. The molecular weight excluding hydrogens is 170 g/mol. The Balaban J connectivity index is 1.91. The molecule has 72 valence electrons. The van der Waals surface area contributed by atoms with Gasteiger partial charge in [-0.3, -0.25) is 4.90 Å². The van der Waals surface area contributed by atoms with Crippen LogP contribution in [0.25, 0.3) is 0 Å². The molecular formula is C8H13N3O2. The Bertz CT molecular complexity index is 252. The van der Waals surface area contributed by atoms with Gasteiger partial charge in [0.25, 0.3) is 0 Å². The van der Waals surface area contributed by atoms with Crippen LogP contribution in [0.1, 0.15) is 5.69 Å². The van der Waals surface area contributed by atoms with Gasteiger partial charge in [0.15, 0.2) is 0 Å². The molecule has 0 bridgehead atoms. The normalized spacial score (nSPS) is 29.7. The summed E-state index contributed by atoms with van der Waals surface area (Å²) in [5.41, 5.74) is 1.00. The number of nitrogens with zero attached hydrogens (tertiary/aromatic N) is 2. The van der Waals surface area contributed by atoms with Crippen molar-refractivity contribution in [2.45, 2.75) is 18.8 Å². The molecule has 1 fully saturated rings. The zero-order chi connectivity index (χ0) is 9.26. The summed E-state index contributed by atoms with van der Waals surface area (Å²) in [4.78, 5) is 8.86. The Hall–Kier alpha value is -0.910. The number of hydrogen-bond donors (Lipinski definition) is 3. The second kappa shape index (κ2) is 3.45. The fourth-order valence-corrected chi connectivity index (χ4v) is 1.59. The molecule has 1 aromatic heterocycles. The number of hydrogen-bond acceptors (Lipinski definition) is 4. The third-order valence-corrected chi connectivity index (χ3v) is 2.28. The Kier molecular flexibility index (Phi) is 2.30. The van der Waals surface area contributed by atoms with Crippen LogP contribution in [-0.4, -0.2) is 50.4 Å². The van der Waals surface area contributed by atoms with E-state index in [9.17, 15) is 10.2 Å². The molecule has 2 heterocycles. The quantitative estimate of drug-likeness (QED) is 0.547. The van der Waals surface area contributed by atoms with Crippen LogP contribution < -0.4 is 0 Å². The van der Waals surface area contributed by atoms with E-state index in [-0.39, 0.29) is 0 Å². The maximum atomic E-state index is 9.28. The first-order valence-electron chi connectivity index (χ1n) is 4.31.